The van der Waals surface area contributed by atoms with E-state index in [0.717, 1.165) is 4.90 Å². The lowest BCUT2D eigenvalue weighted by Crippen LogP contribution is -2.28. The fourth-order valence-corrected chi connectivity index (χ4v) is 2.93. The van der Waals surface area contributed by atoms with Crippen molar-refractivity contribution in [2.45, 2.75) is 13.5 Å². The van der Waals surface area contributed by atoms with Crippen molar-refractivity contribution in [2.75, 3.05) is 11.9 Å². The number of ether oxygens (including phenoxy) is 1. The lowest BCUT2D eigenvalue weighted by atomic mass is 10.1. The van der Waals surface area contributed by atoms with Gasteiger partial charge in [-0.05, 0) is 37.3 Å². The Bertz CT molecular complexity index is 1150. The number of carbonyl (C=O) groups is 4. The van der Waals surface area contributed by atoms with Gasteiger partial charge in [-0.25, -0.2) is 4.79 Å². The summed E-state index contributed by atoms with van der Waals surface area (Å²) in [5, 5.41) is 6.01. The van der Waals surface area contributed by atoms with Crippen LogP contribution in [0.4, 0.5) is 5.88 Å². The van der Waals surface area contributed by atoms with E-state index < -0.39 is 30.3 Å². The molecule has 3 heterocycles. The van der Waals surface area contributed by atoms with Crippen LogP contribution in [0.2, 0.25) is 0 Å². The van der Waals surface area contributed by atoms with E-state index in [1.807, 2.05) is 0 Å². The summed E-state index contributed by atoms with van der Waals surface area (Å²) < 4.78 is 15.0. The van der Waals surface area contributed by atoms with E-state index in [-0.39, 0.29) is 29.1 Å². The predicted molar refractivity (Wildman–Crippen MR) is 99.5 cm³/mol. The minimum absolute atomic E-state index is 0.0135. The monoisotopic (exact) mass is 409 g/mol. The first-order valence-electron chi connectivity index (χ1n) is 8.85. The number of aromatic nitrogens is 1. The van der Waals surface area contributed by atoms with Gasteiger partial charge in [0.05, 0.1) is 35.2 Å². The maximum atomic E-state index is 12.6. The average molecular weight is 409 g/mol. The molecule has 0 fully saturated rings. The number of imide groups is 1. The molecule has 0 spiro atoms. The van der Waals surface area contributed by atoms with Gasteiger partial charge in [0.25, 0.3) is 17.7 Å². The second-order valence-corrected chi connectivity index (χ2v) is 6.49. The van der Waals surface area contributed by atoms with Crippen LogP contribution in [0.3, 0.4) is 0 Å². The third kappa shape index (κ3) is 3.70. The zero-order chi connectivity index (χ0) is 21.3. The standard InChI is InChI=1S/C20H15N3O7/c1-11-7-17(30-22-11)21-16(24)10-29-20(27)12-4-5-14-15(8-12)19(26)23(18(14)25)9-13-3-2-6-28-13/h2-8H,9-10H2,1H3,(H,21,24). The zero-order valence-corrected chi connectivity index (χ0v) is 15.7. The molecule has 3 aromatic rings. The fourth-order valence-electron chi connectivity index (χ4n) is 2.93. The Hall–Kier alpha value is -4.21. The van der Waals surface area contributed by atoms with Crippen molar-refractivity contribution < 1.29 is 32.9 Å². The van der Waals surface area contributed by atoms with Gasteiger partial charge in [-0.2, -0.15) is 0 Å². The summed E-state index contributed by atoms with van der Waals surface area (Å²) in [7, 11) is 0. The van der Waals surface area contributed by atoms with Gasteiger partial charge in [0.15, 0.2) is 6.61 Å². The van der Waals surface area contributed by atoms with Gasteiger partial charge in [-0.3, -0.25) is 24.6 Å². The number of benzene rings is 1. The number of aryl methyl sites for hydroxylation is 1. The van der Waals surface area contributed by atoms with Crippen LogP contribution in [0, 0.1) is 6.92 Å². The molecule has 2 aromatic heterocycles. The number of nitrogens with one attached hydrogen (secondary N) is 1. The normalized spacial score (nSPS) is 12.8. The van der Waals surface area contributed by atoms with E-state index in [1.165, 1.54) is 30.5 Å². The first-order valence-corrected chi connectivity index (χ1v) is 8.85. The van der Waals surface area contributed by atoms with Crippen LogP contribution in [-0.2, 0) is 16.1 Å². The molecule has 0 radical (unpaired) electrons. The number of anilines is 1. The second-order valence-electron chi connectivity index (χ2n) is 6.49. The summed E-state index contributed by atoms with van der Waals surface area (Å²) in [6.45, 7) is 1.11. The Morgan fingerprint density at radius 2 is 1.93 bits per heavy atom. The van der Waals surface area contributed by atoms with Crippen molar-refractivity contribution in [1.82, 2.24) is 10.1 Å². The summed E-state index contributed by atoms with van der Waals surface area (Å²) in [4.78, 5) is 50.2. The van der Waals surface area contributed by atoms with Gasteiger partial charge in [-0.15, -0.1) is 0 Å². The molecule has 1 aliphatic heterocycles. The maximum absolute atomic E-state index is 12.6. The van der Waals surface area contributed by atoms with E-state index in [4.69, 9.17) is 13.7 Å². The van der Waals surface area contributed by atoms with Crippen LogP contribution in [0.25, 0.3) is 0 Å². The predicted octanol–water partition coefficient (Wildman–Crippen LogP) is 2.17. The van der Waals surface area contributed by atoms with Gasteiger partial charge < -0.3 is 13.7 Å². The summed E-state index contributed by atoms with van der Waals surface area (Å²) in [6.07, 6.45) is 1.45. The maximum Gasteiger partial charge on any atom is 0.338 e. The number of rotatable bonds is 6. The smallest absolute Gasteiger partial charge is 0.338 e. The van der Waals surface area contributed by atoms with E-state index in [1.54, 1.807) is 19.1 Å². The number of fused-ring (bicyclic) bond motifs is 1. The number of nitrogens with zero attached hydrogens (tertiary/aromatic N) is 2. The minimum atomic E-state index is -0.813. The third-order valence-corrected chi connectivity index (χ3v) is 4.33. The molecule has 1 aliphatic rings. The van der Waals surface area contributed by atoms with Crippen LogP contribution in [0.1, 0.15) is 42.5 Å². The van der Waals surface area contributed by atoms with Gasteiger partial charge in [0, 0.05) is 6.07 Å². The molecule has 10 nitrogen and oxygen atoms in total. The number of esters is 1. The molecular formula is C20H15N3O7. The number of furan rings is 1. The van der Waals surface area contributed by atoms with Crippen LogP contribution < -0.4 is 5.32 Å². The summed E-state index contributed by atoms with van der Waals surface area (Å²) in [6, 6.07) is 8.83. The topological polar surface area (TPSA) is 132 Å². The molecular weight excluding hydrogens is 394 g/mol. The number of carbonyl (C=O) groups excluding carboxylic acids is 4. The van der Waals surface area contributed by atoms with E-state index in [0.29, 0.717) is 11.5 Å². The van der Waals surface area contributed by atoms with E-state index in [9.17, 15) is 19.2 Å². The Balaban J connectivity index is 1.41. The molecule has 1 N–H and O–H groups in total. The van der Waals surface area contributed by atoms with Crippen LogP contribution >= 0.6 is 0 Å². The van der Waals surface area contributed by atoms with Crippen molar-refractivity contribution >= 4 is 29.6 Å². The molecule has 0 atom stereocenters. The lowest BCUT2D eigenvalue weighted by Gasteiger charge is -2.11. The third-order valence-electron chi connectivity index (χ3n) is 4.33. The highest BCUT2D eigenvalue weighted by molar-refractivity contribution is 6.21. The SMILES string of the molecule is Cc1cc(NC(=O)COC(=O)c2ccc3c(c2)C(=O)N(Cc2ccco2)C3=O)on1. The number of hydrogen-bond donors (Lipinski definition) is 1. The second kappa shape index (κ2) is 7.66. The van der Waals surface area contributed by atoms with E-state index in [2.05, 4.69) is 10.5 Å². The highest BCUT2D eigenvalue weighted by atomic mass is 16.5. The average Bonchev–Trinajstić information content (AvgIpc) is 3.44. The Kier molecular flexibility index (Phi) is 4.88. The summed E-state index contributed by atoms with van der Waals surface area (Å²) in [5.41, 5.74) is 0.892. The molecule has 0 saturated carbocycles. The van der Waals surface area contributed by atoms with Crippen molar-refractivity contribution in [1.29, 1.82) is 0 Å². The van der Waals surface area contributed by atoms with Crippen molar-refractivity contribution in [3.63, 3.8) is 0 Å². The molecule has 30 heavy (non-hydrogen) atoms. The number of hydrogen-bond acceptors (Lipinski definition) is 8. The van der Waals surface area contributed by atoms with Gasteiger partial charge >= 0.3 is 5.97 Å². The first-order chi connectivity index (χ1) is 14.4. The highest BCUT2D eigenvalue weighted by Crippen LogP contribution is 2.26. The first kappa shape index (κ1) is 19.1. The van der Waals surface area contributed by atoms with Crippen LogP contribution in [-0.4, -0.2) is 40.4 Å². The Morgan fingerprint density at radius 1 is 1.13 bits per heavy atom. The van der Waals surface area contributed by atoms with Crippen LogP contribution in [0.5, 0.6) is 0 Å². The molecule has 0 aliphatic carbocycles. The highest BCUT2D eigenvalue weighted by Gasteiger charge is 2.36. The molecule has 152 valence electrons. The van der Waals surface area contributed by atoms with Crippen molar-refractivity contribution in [3.8, 4) is 0 Å². The molecule has 0 unspecified atom stereocenters. The molecule has 1 aromatic carbocycles. The fraction of sp³-hybridized carbons (Fsp3) is 0.150. The quantitative estimate of drug-likeness (QED) is 0.484. The van der Waals surface area contributed by atoms with Gasteiger partial charge in [0.2, 0.25) is 5.88 Å². The Labute approximate surface area is 169 Å². The number of amides is 3. The van der Waals surface area contributed by atoms with Crippen molar-refractivity contribution in [3.05, 3.63) is 70.8 Å². The Morgan fingerprint density at radius 3 is 2.63 bits per heavy atom. The lowest BCUT2D eigenvalue weighted by molar-refractivity contribution is -0.119. The van der Waals surface area contributed by atoms with Crippen molar-refractivity contribution in [2.24, 2.45) is 0 Å². The molecule has 0 saturated heterocycles. The van der Waals surface area contributed by atoms with Gasteiger partial charge in [0.1, 0.15) is 5.76 Å². The van der Waals surface area contributed by atoms with Crippen LogP contribution in [0.15, 0.2) is 51.6 Å². The largest absolute Gasteiger partial charge is 0.467 e. The molecule has 4 rings (SSSR count). The molecule has 10 heteroatoms. The summed E-state index contributed by atoms with van der Waals surface area (Å²) in [5.74, 6) is -1.86. The molecule has 3 amide bonds. The summed E-state index contributed by atoms with van der Waals surface area (Å²) >= 11 is 0. The van der Waals surface area contributed by atoms with E-state index >= 15 is 0 Å². The molecule has 0 bridgehead atoms. The minimum Gasteiger partial charge on any atom is -0.467 e. The van der Waals surface area contributed by atoms with Gasteiger partial charge in [-0.1, -0.05) is 5.16 Å². The zero-order valence-electron chi connectivity index (χ0n) is 15.7.